The molecule has 2 aromatic heterocycles. The van der Waals surface area contributed by atoms with E-state index in [-0.39, 0.29) is 29.8 Å². The molecule has 0 bridgehead atoms. The number of aromatic nitrogens is 4. The van der Waals surface area contributed by atoms with Gasteiger partial charge >= 0.3 is 18.3 Å². The van der Waals surface area contributed by atoms with Crippen LogP contribution in [0.1, 0.15) is 24.6 Å². The third kappa shape index (κ3) is 6.29. The summed E-state index contributed by atoms with van der Waals surface area (Å²) >= 11 is 0. The van der Waals surface area contributed by atoms with Crippen LogP contribution in [0.2, 0.25) is 0 Å². The highest BCUT2D eigenvalue weighted by Gasteiger charge is 2.38. The second-order valence-corrected chi connectivity index (χ2v) is 7.92. The van der Waals surface area contributed by atoms with E-state index in [0.29, 0.717) is 22.5 Å². The Morgan fingerprint density at radius 2 is 1.76 bits per heavy atom. The Morgan fingerprint density at radius 1 is 1.03 bits per heavy atom. The fourth-order valence-corrected chi connectivity index (χ4v) is 3.23. The predicted molar refractivity (Wildman–Crippen MR) is 119 cm³/mol. The van der Waals surface area contributed by atoms with Crippen molar-refractivity contribution in [1.82, 2.24) is 19.9 Å². The van der Waals surface area contributed by atoms with Crippen molar-refractivity contribution in [1.29, 1.82) is 0 Å². The van der Waals surface area contributed by atoms with Crippen LogP contribution in [-0.4, -0.2) is 38.2 Å². The largest absolute Gasteiger partial charge is 0.573 e. The number of rotatable bonds is 8. The van der Waals surface area contributed by atoms with E-state index in [0.717, 1.165) is 12.1 Å². The van der Waals surface area contributed by atoms with E-state index in [1.807, 2.05) is 0 Å². The van der Waals surface area contributed by atoms with Gasteiger partial charge in [0.2, 0.25) is 5.82 Å². The van der Waals surface area contributed by atoms with E-state index in [4.69, 9.17) is 9.26 Å². The number of hydrogen-bond acceptors (Lipinski definition) is 7. The van der Waals surface area contributed by atoms with Gasteiger partial charge in [0, 0.05) is 17.7 Å². The molecule has 4 rings (SSSR count). The van der Waals surface area contributed by atoms with Crippen molar-refractivity contribution in [3.63, 3.8) is 0 Å². The van der Waals surface area contributed by atoms with Gasteiger partial charge in [-0.2, -0.15) is 18.9 Å². The Kier molecular flexibility index (Phi) is 6.96. The Balaban J connectivity index is 1.47. The minimum absolute atomic E-state index is 0.0196. The molecule has 0 aliphatic rings. The number of carbonyl (C=O) groups excluding carboxylic acids is 1. The van der Waals surface area contributed by atoms with Crippen molar-refractivity contribution in [3.8, 4) is 34.5 Å². The SMILES string of the molecule is CCC(F)(F)C(=O)Oc1cccc(Cn2nc(-c3nc(-c4ccc(OC(F)(F)F)cc4)no3)cc2C)c1. The topological polar surface area (TPSA) is 92.3 Å². The van der Waals surface area contributed by atoms with Crippen LogP contribution >= 0.6 is 0 Å². The average molecular weight is 522 g/mol. The Labute approximate surface area is 206 Å². The summed E-state index contributed by atoms with van der Waals surface area (Å²) in [4.78, 5) is 15.9. The third-order valence-electron chi connectivity index (χ3n) is 5.16. The van der Waals surface area contributed by atoms with Crippen LogP contribution in [-0.2, 0) is 11.3 Å². The molecule has 37 heavy (non-hydrogen) atoms. The molecule has 0 radical (unpaired) electrons. The van der Waals surface area contributed by atoms with E-state index < -0.39 is 24.7 Å². The molecular weight excluding hydrogens is 503 g/mol. The molecule has 4 aromatic rings. The van der Waals surface area contributed by atoms with Gasteiger partial charge in [0.15, 0.2) is 5.69 Å². The van der Waals surface area contributed by atoms with Crippen LogP contribution in [0.25, 0.3) is 23.0 Å². The highest BCUT2D eigenvalue weighted by Crippen LogP contribution is 2.27. The second-order valence-electron chi connectivity index (χ2n) is 7.92. The summed E-state index contributed by atoms with van der Waals surface area (Å²) in [6.45, 7) is 3.19. The zero-order chi connectivity index (χ0) is 26.8. The lowest BCUT2D eigenvalue weighted by Gasteiger charge is -2.13. The zero-order valence-corrected chi connectivity index (χ0v) is 19.4. The number of aryl methyl sites for hydroxylation is 1. The van der Waals surface area contributed by atoms with Gasteiger partial charge in [-0.05, 0) is 55.0 Å². The van der Waals surface area contributed by atoms with Crippen molar-refractivity contribution in [2.24, 2.45) is 0 Å². The molecule has 0 saturated carbocycles. The minimum Gasteiger partial charge on any atom is -0.422 e. The first-order chi connectivity index (χ1) is 17.4. The third-order valence-corrected chi connectivity index (χ3v) is 5.16. The fraction of sp³-hybridized carbons (Fsp3) is 0.250. The Morgan fingerprint density at radius 3 is 2.43 bits per heavy atom. The van der Waals surface area contributed by atoms with Crippen LogP contribution in [0.3, 0.4) is 0 Å². The van der Waals surface area contributed by atoms with E-state index in [1.54, 1.807) is 29.8 Å². The molecule has 194 valence electrons. The summed E-state index contributed by atoms with van der Waals surface area (Å²) in [6.07, 6.45) is -5.47. The van der Waals surface area contributed by atoms with E-state index in [1.165, 1.54) is 31.2 Å². The Bertz CT molecular complexity index is 1400. The summed E-state index contributed by atoms with van der Waals surface area (Å²) in [7, 11) is 0. The minimum atomic E-state index is -4.80. The van der Waals surface area contributed by atoms with Crippen LogP contribution in [0.5, 0.6) is 11.5 Å². The molecule has 0 atom stereocenters. The molecule has 2 aromatic carbocycles. The lowest BCUT2D eigenvalue weighted by atomic mass is 10.2. The van der Waals surface area contributed by atoms with Gasteiger partial charge in [0.1, 0.15) is 11.5 Å². The molecule has 0 aliphatic heterocycles. The van der Waals surface area contributed by atoms with Crippen molar-refractivity contribution in [2.75, 3.05) is 0 Å². The Hall–Kier alpha value is -4.29. The maximum Gasteiger partial charge on any atom is 0.573 e. The molecule has 0 N–H and O–H groups in total. The first kappa shape index (κ1) is 25.8. The van der Waals surface area contributed by atoms with E-state index in [9.17, 15) is 26.7 Å². The van der Waals surface area contributed by atoms with Gasteiger partial charge in [-0.3, -0.25) is 4.68 Å². The van der Waals surface area contributed by atoms with Gasteiger partial charge in [0.25, 0.3) is 5.89 Å². The quantitative estimate of drug-likeness (QED) is 0.164. The van der Waals surface area contributed by atoms with Crippen molar-refractivity contribution >= 4 is 5.97 Å². The number of halogens is 5. The first-order valence-corrected chi connectivity index (χ1v) is 10.9. The molecule has 0 fully saturated rings. The molecule has 0 amide bonds. The number of nitrogens with zero attached hydrogens (tertiary/aromatic N) is 4. The molecule has 0 aliphatic carbocycles. The van der Waals surface area contributed by atoms with Gasteiger partial charge in [-0.15, -0.1) is 13.2 Å². The maximum atomic E-state index is 13.5. The highest BCUT2D eigenvalue weighted by molar-refractivity contribution is 5.79. The fourth-order valence-electron chi connectivity index (χ4n) is 3.23. The second kappa shape index (κ2) is 9.99. The number of hydrogen-bond donors (Lipinski definition) is 0. The van der Waals surface area contributed by atoms with Gasteiger partial charge in [-0.25, -0.2) is 4.79 Å². The highest BCUT2D eigenvalue weighted by atomic mass is 19.4. The van der Waals surface area contributed by atoms with E-state index in [2.05, 4.69) is 20.0 Å². The maximum absolute atomic E-state index is 13.5. The number of benzene rings is 2. The average Bonchev–Trinajstić information content (AvgIpc) is 3.46. The standard InChI is InChI=1S/C24H19F5N4O4/c1-3-23(25,26)22(34)35-18-6-4-5-15(12-18)13-33-14(2)11-19(31-33)21-30-20(32-37-21)16-7-9-17(10-8-16)36-24(27,28)29/h4-12H,3,13H2,1-2H3. The summed E-state index contributed by atoms with van der Waals surface area (Å²) in [5.74, 6) is -5.39. The number of carbonyl (C=O) groups is 1. The van der Waals surface area contributed by atoms with Crippen LogP contribution < -0.4 is 9.47 Å². The van der Waals surface area contributed by atoms with Crippen LogP contribution in [0.4, 0.5) is 22.0 Å². The number of ether oxygens (including phenoxy) is 2. The van der Waals surface area contributed by atoms with E-state index >= 15 is 0 Å². The molecule has 2 heterocycles. The molecule has 0 saturated heterocycles. The smallest absolute Gasteiger partial charge is 0.422 e. The van der Waals surface area contributed by atoms with Crippen molar-refractivity contribution in [3.05, 3.63) is 65.9 Å². The molecule has 8 nitrogen and oxygen atoms in total. The lowest BCUT2D eigenvalue weighted by molar-refractivity contribution is -0.274. The molecule has 0 spiro atoms. The van der Waals surface area contributed by atoms with Gasteiger partial charge in [0.05, 0.1) is 6.54 Å². The summed E-state index contributed by atoms with van der Waals surface area (Å²) in [5, 5.41) is 8.28. The molecule has 13 heteroatoms. The summed E-state index contributed by atoms with van der Waals surface area (Å²) < 4.78 is 79.6. The summed E-state index contributed by atoms with van der Waals surface area (Å²) in [5.41, 5.74) is 2.10. The van der Waals surface area contributed by atoms with Crippen molar-refractivity contribution < 1.29 is 40.7 Å². The summed E-state index contributed by atoms with van der Waals surface area (Å²) in [6, 6.07) is 12.8. The van der Waals surface area contributed by atoms with Crippen LogP contribution in [0, 0.1) is 6.92 Å². The zero-order valence-electron chi connectivity index (χ0n) is 19.4. The van der Waals surface area contributed by atoms with Crippen LogP contribution in [0.15, 0.2) is 59.1 Å². The molecule has 0 unspecified atom stereocenters. The number of alkyl halides is 5. The van der Waals surface area contributed by atoms with Gasteiger partial charge in [-0.1, -0.05) is 24.2 Å². The predicted octanol–water partition coefficient (Wildman–Crippen LogP) is 5.81. The van der Waals surface area contributed by atoms with Crippen molar-refractivity contribution in [2.45, 2.75) is 39.1 Å². The normalized spacial score (nSPS) is 12.0. The monoisotopic (exact) mass is 522 g/mol. The molecular formula is C24H19F5N4O4. The number of esters is 1. The van der Waals surface area contributed by atoms with Gasteiger partial charge < -0.3 is 14.0 Å². The first-order valence-electron chi connectivity index (χ1n) is 10.9. The lowest BCUT2D eigenvalue weighted by Crippen LogP contribution is -2.32.